The van der Waals surface area contributed by atoms with Gasteiger partial charge in [0.15, 0.2) is 11.5 Å². The minimum Gasteiger partial charge on any atom is -0.454 e. The molecule has 2 heterocycles. The minimum absolute atomic E-state index is 0.0718. The van der Waals surface area contributed by atoms with Crippen LogP contribution in [-0.4, -0.2) is 28.5 Å². The molecule has 2 aliphatic rings. The Labute approximate surface area is 143 Å². The number of hydrogen-bond donors (Lipinski definition) is 0. The van der Waals surface area contributed by atoms with Crippen LogP contribution < -0.4 is 9.47 Å². The molecule has 1 aromatic carbocycles. The molecule has 0 N–H and O–H groups in total. The van der Waals surface area contributed by atoms with Gasteiger partial charge in [-0.15, -0.1) is 0 Å². The van der Waals surface area contributed by atoms with Crippen LogP contribution in [0.3, 0.4) is 0 Å². The topological polar surface area (TPSA) is 38.8 Å². The van der Waals surface area contributed by atoms with Gasteiger partial charge in [0.1, 0.15) is 4.32 Å². The number of amides is 1. The van der Waals surface area contributed by atoms with Crippen LogP contribution in [0.15, 0.2) is 17.0 Å². The van der Waals surface area contributed by atoms with Crippen LogP contribution >= 0.6 is 35.6 Å². The summed E-state index contributed by atoms with van der Waals surface area (Å²) in [5.41, 5.74) is 0.718. The highest BCUT2D eigenvalue weighted by molar-refractivity contribution is 8.26. The van der Waals surface area contributed by atoms with Gasteiger partial charge >= 0.3 is 0 Å². The van der Waals surface area contributed by atoms with E-state index in [2.05, 4.69) is 13.8 Å². The van der Waals surface area contributed by atoms with Crippen LogP contribution in [-0.2, 0) is 4.79 Å². The SMILES string of the molecule is CC(C)CN1C(=O)/C(=C/c2cc3c(cc2Cl)OCO3)SC1=S. The molecule has 7 heteroatoms. The highest BCUT2D eigenvalue weighted by atomic mass is 35.5. The lowest BCUT2D eigenvalue weighted by molar-refractivity contribution is -0.122. The first kappa shape index (κ1) is 15.6. The maximum atomic E-state index is 12.5. The molecule has 0 unspecified atom stereocenters. The average molecular weight is 356 g/mol. The number of benzene rings is 1. The molecule has 3 rings (SSSR count). The van der Waals surface area contributed by atoms with Crippen molar-refractivity contribution in [2.45, 2.75) is 13.8 Å². The van der Waals surface area contributed by atoms with Gasteiger partial charge in [0.05, 0.1) is 9.93 Å². The van der Waals surface area contributed by atoms with Crippen LogP contribution in [0, 0.1) is 5.92 Å². The number of nitrogens with zero attached hydrogens (tertiary/aromatic N) is 1. The Hall–Kier alpha value is -1.24. The largest absolute Gasteiger partial charge is 0.454 e. The summed E-state index contributed by atoms with van der Waals surface area (Å²) >= 11 is 12.8. The number of fused-ring (bicyclic) bond motifs is 1. The first-order valence-electron chi connectivity index (χ1n) is 6.80. The molecule has 22 heavy (non-hydrogen) atoms. The molecule has 4 nitrogen and oxygen atoms in total. The standard InChI is InChI=1S/C15H14ClNO3S2/c1-8(2)6-17-14(18)13(22-15(17)21)4-9-3-11-12(5-10(9)16)20-7-19-11/h3-5,8H,6-7H2,1-2H3/b13-4-. The van der Waals surface area contributed by atoms with Crippen LogP contribution in [0.2, 0.25) is 5.02 Å². The van der Waals surface area contributed by atoms with Gasteiger partial charge in [0.2, 0.25) is 6.79 Å². The summed E-state index contributed by atoms with van der Waals surface area (Å²) in [4.78, 5) is 14.7. The maximum Gasteiger partial charge on any atom is 0.266 e. The quantitative estimate of drug-likeness (QED) is 0.607. The molecule has 0 atom stereocenters. The molecule has 0 radical (unpaired) electrons. The lowest BCUT2D eigenvalue weighted by atomic mass is 10.1. The number of ether oxygens (including phenoxy) is 2. The maximum absolute atomic E-state index is 12.5. The van der Waals surface area contributed by atoms with Crippen LogP contribution in [0.1, 0.15) is 19.4 Å². The Bertz CT molecular complexity index is 688. The van der Waals surface area contributed by atoms with Gasteiger partial charge in [-0.3, -0.25) is 9.69 Å². The van der Waals surface area contributed by atoms with Gasteiger partial charge in [0.25, 0.3) is 5.91 Å². The summed E-state index contributed by atoms with van der Waals surface area (Å²) in [6.07, 6.45) is 1.75. The lowest BCUT2D eigenvalue weighted by Gasteiger charge is -2.16. The van der Waals surface area contributed by atoms with E-state index in [1.165, 1.54) is 11.8 Å². The second-order valence-electron chi connectivity index (χ2n) is 5.41. The summed E-state index contributed by atoms with van der Waals surface area (Å²) in [5, 5.41) is 0.512. The Morgan fingerprint density at radius 3 is 2.77 bits per heavy atom. The third-order valence-electron chi connectivity index (χ3n) is 3.20. The summed E-state index contributed by atoms with van der Waals surface area (Å²) in [6.45, 7) is 4.91. The first-order chi connectivity index (χ1) is 10.5. The molecule has 1 amide bonds. The molecule has 0 saturated carbocycles. The van der Waals surface area contributed by atoms with Crippen molar-refractivity contribution in [1.82, 2.24) is 4.90 Å². The lowest BCUT2D eigenvalue weighted by Crippen LogP contribution is -2.31. The second-order valence-corrected chi connectivity index (χ2v) is 7.50. The summed E-state index contributed by atoms with van der Waals surface area (Å²) in [5.74, 6) is 1.54. The van der Waals surface area contributed by atoms with E-state index in [1.54, 1.807) is 23.1 Å². The Balaban J connectivity index is 1.90. The van der Waals surface area contributed by atoms with E-state index in [0.29, 0.717) is 38.2 Å². The molecule has 1 saturated heterocycles. The summed E-state index contributed by atoms with van der Waals surface area (Å²) in [6, 6.07) is 3.48. The van der Waals surface area contributed by atoms with E-state index in [9.17, 15) is 4.79 Å². The fourth-order valence-electron chi connectivity index (χ4n) is 2.21. The zero-order valence-corrected chi connectivity index (χ0v) is 14.5. The van der Waals surface area contributed by atoms with E-state index >= 15 is 0 Å². The molecular formula is C15H14ClNO3S2. The average Bonchev–Trinajstić information content (AvgIpc) is 2.99. The fraction of sp³-hybridized carbons (Fsp3) is 0.333. The molecule has 0 spiro atoms. The number of thioether (sulfide) groups is 1. The highest BCUT2D eigenvalue weighted by Gasteiger charge is 2.32. The molecule has 1 aromatic rings. The van der Waals surface area contributed by atoms with Crippen molar-refractivity contribution >= 4 is 51.9 Å². The number of halogens is 1. The molecule has 0 aromatic heterocycles. The Kier molecular flexibility index (Phi) is 4.34. The molecular weight excluding hydrogens is 342 g/mol. The van der Waals surface area contributed by atoms with E-state index in [1.807, 2.05) is 0 Å². The van der Waals surface area contributed by atoms with Gasteiger partial charge in [-0.05, 0) is 23.6 Å². The molecule has 116 valence electrons. The van der Waals surface area contributed by atoms with Crippen LogP contribution in [0.5, 0.6) is 11.5 Å². The first-order valence-corrected chi connectivity index (χ1v) is 8.40. The zero-order valence-electron chi connectivity index (χ0n) is 12.1. The van der Waals surface area contributed by atoms with Gasteiger partial charge < -0.3 is 9.47 Å². The van der Waals surface area contributed by atoms with Crippen molar-refractivity contribution in [2.24, 2.45) is 5.92 Å². The fourth-order valence-corrected chi connectivity index (χ4v) is 3.68. The molecule has 0 aliphatic carbocycles. The third kappa shape index (κ3) is 2.95. The van der Waals surface area contributed by atoms with E-state index in [0.717, 1.165) is 5.56 Å². The monoisotopic (exact) mass is 355 g/mol. The van der Waals surface area contributed by atoms with Crippen molar-refractivity contribution < 1.29 is 14.3 Å². The molecule has 0 bridgehead atoms. The molecule has 2 aliphatic heterocycles. The summed E-state index contributed by atoms with van der Waals surface area (Å²) < 4.78 is 11.2. The van der Waals surface area contributed by atoms with Crippen LogP contribution in [0.4, 0.5) is 0 Å². The van der Waals surface area contributed by atoms with Crippen molar-refractivity contribution in [2.75, 3.05) is 13.3 Å². The van der Waals surface area contributed by atoms with Crippen LogP contribution in [0.25, 0.3) is 6.08 Å². The van der Waals surface area contributed by atoms with Crippen molar-refractivity contribution in [1.29, 1.82) is 0 Å². The zero-order chi connectivity index (χ0) is 15.9. The van der Waals surface area contributed by atoms with Gasteiger partial charge in [-0.25, -0.2) is 0 Å². The van der Waals surface area contributed by atoms with Gasteiger partial charge in [-0.2, -0.15) is 0 Å². The van der Waals surface area contributed by atoms with E-state index < -0.39 is 0 Å². The van der Waals surface area contributed by atoms with Gasteiger partial charge in [-0.1, -0.05) is 49.4 Å². The van der Waals surface area contributed by atoms with Crippen molar-refractivity contribution in [3.05, 3.63) is 27.6 Å². The second kappa shape index (κ2) is 6.10. The number of thiocarbonyl (C=S) groups is 1. The third-order valence-corrected chi connectivity index (χ3v) is 4.90. The predicted molar refractivity (Wildman–Crippen MR) is 92.3 cm³/mol. The summed E-state index contributed by atoms with van der Waals surface area (Å²) in [7, 11) is 0. The van der Waals surface area contributed by atoms with E-state index in [-0.39, 0.29) is 12.7 Å². The van der Waals surface area contributed by atoms with Gasteiger partial charge in [0, 0.05) is 12.6 Å². The number of rotatable bonds is 3. The van der Waals surface area contributed by atoms with Crippen molar-refractivity contribution in [3.63, 3.8) is 0 Å². The Morgan fingerprint density at radius 2 is 2.09 bits per heavy atom. The number of hydrogen-bond acceptors (Lipinski definition) is 5. The number of carbonyl (C=O) groups is 1. The smallest absolute Gasteiger partial charge is 0.266 e. The van der Waals surface area contributed by atoms with Crippen molar-refractivity contribution in [3.8, 4) is 11.5 Å². The number of carbonyl (C=O) groups excluding carboxylic acids is 1. The van der Waals surface area contributed by atoms with E-state index in [4.69, 9.17) is 33.3 Å². The predicted octanol–water partition coefficient (Wildman–Crippen LogP) is 3.93. The Morgan fingerprint density at radius 1 is 1.41 bits per heavy atom. The normalized spacial score (nSPS) is 18.9. The molecule has 1 fully saturated rings. The highest BCUT2D eigenvalue weighted by Crippen LogP contribution is 2.39. The minimum atomic E-state index is -0.0718.